The van der Waals surface area contributed by atoms with Crippen molar-refractivity contribution >= 4 is 34.3 Å². The van der Waals surface area contributed by atoms with Gasteiger partial charge >= 0.3 is 0 Å². The summed E-state index contributed by atoms with van der Waals surface area (Å²) in [6, 6.07) is 1.99. The Balaban J connectivity index is 2.25. The summed E-state index contributed by atoms with van der Waals surface area (Å²) in [4.78, 5) is 2.36. The summed E-state index contributed by atoms with van der Waals surface area (Å²) in [6.07, 6.45) is 2.50. The van der Waals surface area contributed by atoms with Crippen LogP contribution in [0, 0.1) is 0 Å². The van der Waals surface area contributed by atoms with Gasteiger partial charge in [0.1, 0.15) is 16.7 Å². The molecular formula is C12H17ClN4. The summed E-state index contributed by atoms with van der Waals surface area (Å²) in [5, 5.41) is 0.823. The minimum absolute atomic E-state index is 0.750. The van der Waals surface area contributed by atoms with E-state index in [4.69, 9.17) is 17.3 Å². The molecule has 0 spiro atoms. The molecule has 0 aromatic carbocycles. The molecule has 17 heavy (non-hydrogen) atoms. The Hall–Kier alpha value is -1.29. The van der Waals surface area contributed by atoms with Crippen LogP contribution in [0.25, 0.3) is 11.0 Å². The van der Waals surface area contributed by atoms with Crippen LogP contribution >= 0.6 is 11.6 Å². The quantitative estimate of drug-likeness (QED) is 0.846. The average molecular weight is 253 g/mol. The predicted molar refractivity (Wildman–Crippen MR) is 72.8 cm³/mol. The van der Waals surface area contributed by atoms with Crippen molar-refractivity contribution in [2.75, 3.05) is 23.7 Å². The second-order valence-corrected chi connectivity index (χ2v) is 5.13. The number of nitrogens with zero attached hydrogens (tertiary/aromatic N) is 3. The largest absolute Gasteiger partial charge is 0.385 e. The Kier molecular flexibility index (Phi) is 2.30. The van der Waals surface area contributed by atoms with Crippen LogP contribution in [0.4, 0.5) is 11.6 Å². The molecule has 2 N–H and O–H groups in total. The number of aromatic nitrogens is 2. The number of rotatable bonds is 1. The fourth-order valence-electron chi connectivity index (χ4n) is 2.77. The molecule has 0 bridgehead atoms. The van der Waals surface area contributed by atoms with Crippen molar-refractivity contribution < 1.29 is 0 Å². The molecule has 0 radical (unpaired) electrons. The van der Waals surface area contributed by atoms with Crippen LogP contribution in [0.3, 0.4) is 0 Å². The van der Waals surface area contributed by atoms with Crippen LogP contribution in [-0.4, -0.2) is 22.2 Å². The SMILES string of the molecule is Cn1c(N2CCCC2)c(Cl)c2c1cc(N)n2C. The molecule has 0 atom stereocenters. The van der Waals surface area contributed by atoms with Gasteiger partial charge in [-0.1, -0.05) is 11.6 Å². The molecule has 1 fully saturated rings. The summed E-state index contributed by atoms with van der Waals surface area (Å²) < 4.78 is 4.11. The molecular weight excluding hydrogens is 236 g/mol. The smallest absolute Gasteiger partial charge is 0.130 e. The van der Waals surface area contributed by atoms with Crippen LogP contribution in [0.2, 0.25) is 5.02 Å². The van der Waals surface area contributed by atoms with Gasteiger partial charge in [0.25, 0.3) is 0 Å². The molecule has 1 saturated heterocycles. The maximum absolute atomic E-state index is 6.52. The van der Waals surface area contributed by atoms with E-state index < -0.39 is 0 Å². The van der Waals surface area contributed by atoms with E-state index in [1.54, 1.807) is 0 Å². The third-order valence-corrected chi connectivity index (χ3v) is 4.09. The number of halogens is 1. The molecule has 2 aromatic heterocycles. The molecule has 0 unspecified atom stereocenters. The minimum atomic E-state index is 0.750. The Morgan fingerprint density at radius 1 is 1.18 bits per heavy atom. The van der Waals surface area contributed by atoms with E-state index in [9.17, 15) is 0 Å². The lowest BCUT2D eigenvalue weighted by atomic mass is 10.4. The highest BCUT2D eigenvalue weighted by Gasteiger charge is 2.24. The van der Waals surface area contributed by atoms with Crippen molar-refractivity contribution in [2.45, 2.75) is 12.8 Å². The Morgan fingerprint density at radius 2 is 1.82 bits per heavy atom. The van der Waals surface area contributed by atoms with Crippen molar-refractivity contribution in [3.63, 3.8) is 0 Å². The van der Waals surface area contributed by atoms with Gasteiger partial charge in [-0.25, -0.2) is 0 Å². The van der Waals surface area contributed by atoms with E-state index in [1.807, 2.05) is 17.7 Å². The highest BCUT2D eigenvalue weighted by molar-refractivity contribution is 6.38. The number of anilines is 2. The topological polar surface area (TPSA) is 39.1 Å². The maximum atomic E-state index is 6.52. The average Bonchev–Trinajstić information content (AvgIpc) is 2.93. The van der Waals surface area contributed by atoms with Crippen molar-refractivity contribution in [3.05, 3.63) is 11.1 Å². The lowest BCUT2D eigenvalue weighted by Crippen LogP contribution is -2.20. The first-order valence-electron chi connectivity index (χ1n) is 5.95. The van der Waals surface area contributed by atoms with Gasteiger partial charge in [0.15, 0.2) is 0 Å². The Labute approximate surface area is 106 Å². The number of fused-ring (bicyclic) bond motifs is 1. The van der Waals surface area contributed by atoms with E-state index in [1.165, 1.54) is 12.8 Å². The van der Waals surface area contributed by atoms with Crippen molar-refractivity contribution in [1.82, 2.24) is 9.13 Å². The second-order valence-electron chi connectivity index (χ2n) is 4.75. The maximum Gasteiger partial charge on any atom is 0.130 e. The number of hydrogen-bond donors (Lipinski definition) is 1. The highest BCUT2D eigenvalue weighted by atomic mass is 35.5. The molecule has 0 amide bonds. The molecule has 5 heteroatoms. The summed E-state index contributed by atoms with van der Waals surface area (Å²) >= 11 is 6.52. The fourth-order valence-corrected chi connectivity index (χ4v) is 3.24. The van der Waals surface area contributed by atoms with Gasteiger partial charge in [0.05, 0.1) is 11.0 Å². The molecule has 3 heterocycles. The normalized spacial score (nSPS) is 16.3. The number of nitrogen functional groups attached to an aromatic ring is 1. The summed E-state index contributed by atoms with van der Waals surface area (Å²) in [7, 11) is 4.01. The summed E-state index contributed by atoms with van der Waals surface area (Å²) in [5.74, 6) is 1.88. The lowest BCUT2D eigenvalue weighted by molar-refractivity contribution is 0.862. The Bertz CT molecular complexity index is 575. The molecule has 4 nitrogen and oxygen atoms in total. The zero-order valence-electron chi connectivity index (χ0n) is 10.2. The Morgan fingerprint density at radius 3 is 2.41 bits per heavy atom. The van der Waals surface area contributed by atoms with Crippen molar-refractivity contribution in [2.24, 2.45) is 14.1 Å². The van der Waals surface area contributed by atoms with E-state index in [2.05, 4.69) is 16.5 Å². The van der Waals surface area contributed by atoms with Crippen LogP contribution in [0.5, 0.6) is 0 Å². The molecule has 2 aromatic rings. The first kappa shape index (κ1) is 10.8. The standard InChI is InChI=1S/C12H17ClN4/c1-15-8-7-9(14)16(2)11(8)10(13)12(15)17-5-3-4-6-17/h7H,3-6,14H2,1-2H3. The van der Waals surface area contributed by atoms with Gasteiger partial charge in [-0.05, 0) is 12.8 Å². The van der Waals surface area contributed by atoms with Gasteiger partial charge in [0, 0.05) is 33.3 Å². The zero-order valence-corrected chi connectivity index (χ0v) is 11.0. The molecule has 1 aliphatic heterocycles. The van der Waals surface area contributed by atoms with E-state index in [-0.39, 0.29) is 0 Å². The van der Waals surface area contributed by atoms with E-state index >= 15 is 0 Å². The van der Waals surface area contributed by atoms with Crippen LogP contribution < -0.4 is 10.6 Å². The van der Waals surface area contributed by atoms with E-state index in [0.717, 1.165) is 40.8 Å². The minimum Gasteiger partial charge on any atom is -0.385 e. The summed E-state index contributed by atoms with van der Waals surface area (Å²) in [6.45, 7) is 2.19. The predicted octanol–water partition coefficient (Wildman–Crippen LogP) is 2.35. The number of hydrogen-bond acceptors (Lipinski definition) is 2. The fraction of sp³-hybridized carbons (Fsp3) is 0.500. The van der Waals surface area contributed by atoms with Gasteiger partial charge in [0.2, 0.25) is 0 Å². The van der Waals surface area contributed by atoms with Gasteiger partial charge < -0.3 is 19.8 Å². The first-order chi connectivity index (χ1) is 8.11. The van der Waals surface area contributed by atoms with Gasteiger partial charge in [-0.2, -0.15) is 0 Å². The van der Waals surface area contributed by atoms with Crippen LogP contribution in [-0.2, 0) is 14.1 Å². The molecule has 1 aliphatic rings. The van der Waals surface area contributed by atoms with Crippen molar-refractivity contribution in [3.8, 4) is 0 Å². The van der Waals surface area contributed by atoms with E-state index in [0.29, 0.717) is 0 Å². The first-order valence-corrected chi connectivity index (χ1v) is 6.33. The molecule has 92 valence electrons. The number of nitrogens with two attached hydrogens (primary N) is 1. The van der Waals surface area contributed by atoms with Crippen molar-refractivity contribution in [1.29, 1.82) is 0 Å². The third kappa shape index (κ3) is 1.37. The second kappa shape index (κ2) is 3.60. The zero-order chi connectivity index (χ0) is 12.2. The van der Waals surface area contributed by atoms with Crippen LogP contribution in [0.15, 0.2) is 6.07 Å². The lowest BCUT2D eigenvalue weighted by Gasteiger charge is -2.19. The van der Waals surface area contributed by atoms with Gasteiger partial charge in [-0.3, -0.25) is 0 Å². The van der Waals surface area contributed by atoms with Crippen LogP contribution in [0.1, 0.15) is 12.8 Å². The van der Waals surface area contributed by atoms with Gasteiger partial charge in [-0.15, -0.1) is 0 Å². The molecule has 3 rings (SSSR count). The molecule has 0 saturated carbocycles. The summed E-state index contributed by atoms with van der Waals surface area (Å²) in [5.41, 5.74) is 8.06. The monoisotopic (exact) mass is 252 g/mol. The highest BCUT2D eigenvalue weighted by Crippen LogP contribution is 2.39. The number of aryl methyl sites for hydroxylation is 2. The molecule has 0 aliphatic carbocycles. The third-order valence-electron chi connectivity index (χ3n) is 3.74.